The zero-order chi connectivity index (χ0) is 35.3. The molecule has 3 nitrogen and oxygen atoms in total. The van der Waals surface area contributed by atoms with Crippen LogP contribution in [0.15, 0.2) is 188 Å². The number of hydrogen-bond donors (Lipinski definition) is 0. The fourth-order valence-corrected chi connectivity index (χ4v) is 10.2. The molecule has 252 valence electrons. The highest BCUT2D eigenvalue weighted by molar-refractivity contribution is 7.26. The molecule has 0 aliphatic rings. The first-order chi connectivity index (χ1) is 26.8. The summed E-state index contributed by atoms with van der Waals surface area (Å²) in [4.78, 5) is 2.35. The van der Waals surface area contributed by atoms with Crippen molar-refractivity contribution < 1.29 is 0 Å². The number of para-hydroxylation sites is 4. The Morgan fingerprint density at radius 2 is 0.963 bits per heavy atom. The second-order valence-electron chi connectivity index (χ2n) is 14.1. The minimum absolute atomic E-state index is 1.11. The van der Waals surface area contributed by atoms with Crippen LogP contribution < -0.4 is 4.90 Å². The van der Waals surface area contributed by atoms with Gasteiger partial charge in [-0.2, -0.15) is 0 Å². The van der Waals surface area contributed by atoms with Crippen molar-refractivity contribution in [2.75, 3.05) is 4.90 Å². The maximum absolute atomic E-state index is 2.54. The molecule has 12 aromatic rings. The van der Waals surface area contributed by atoms with Crippen LogP contribution in [0.2, 0.25) is 0 Å². The van der Waals surface area contributed by atoms with E-state index in [1.165, 1.54) is 80.2 Å². The molecule has 9 aromatic carbocycles. The van der Waals surface area contributed by atoms with Crippen LogP contribution in [0.3, 0.4) is 0 Å². The highest BCUT2D eigenvalue weighted by atomic mass is 32.1. The lowest BCUT2D eigenvalue weighted by Gasteiger charge is -2.25. The van der Waals surface area contributed by atoms with Gasteiger partial charge in [-0.3, -0.25) is 0 Å². The van der Waals surface area contributed by atoms with Gasteiger partial charge in [0.05, 0.1) is 26.8 Å². The number of hydrogen-bond acceptors (Lipinski definition) is 2. The van der Waals surface area contributed by atoms with Crippen LogP contribution in [0.25, 0.3) is 85.9 Å². The van der Waals surface area contributed by atoms with E-state index in [0.717, 1.165) is 22.7 Å². The Balaban J connectivity index is 1.25. The van der Waals surface area contributed by atoms with Gasteiger partial charge in [0.2, 0.25) is 0 Å². The summed E-state index contributed by atoms with van der Waals surface area (Å²) >= 11 is 1.91. The van der Waals surface area contributed by atoms with Gasteiger partial charge in [0.25, 0.3) is 0 Å². The first-order valence-electron chi connectivity index (χ1n) is 18.4. The van der Waals surface area contributed by atoms with Gasteiger partial charge in [0, 0.05) is 70.8 Å². The average Bonchev–Trinajstić information content (AvgIpc) is 3.89. The van der Waals surface area contributed by atoms with E-state index in [4.69, 9.17) is 0 Å². The van der Waals surface area contributed by atoms with Gasteiger partial charge in [0.15, 0.2) is 0 Å². The molecule has 0 saturated carbocycles. The molecule has 3 heterocycles. The minimum atomic E-state index is 1.11. The van der Waals surface area contributed by atoms with Crippen molar-refractivity contribution in [3.63, 3.8) is 0 Å². The quantitative estimate of drug-likeness (QED) is 0.163. The number of fused-ring (bicyclic) bond motifs is 8. The molecule has 0 atom stereocenters. The third-order valence-corrected chi connectivity index (χ3v) is 12.4. The fraction of sp³-hybridized carbons (Fsp3) is 0. The molecule has 0 aliphatic carbocycles. The third-order valence-electron chi connectivity index (χ3n) is 11.2. The van der Waals surface area contributed by atoms with Crippen LogP contribution >= 0.6 is 11.3 Å². The maximum Gasteiger partial charge on any atom is 0.0726 e. The maximum atomic E-state index is 2.54. The standard InChI is InChI=1S/C50H31N3S/c1-5-15-33(16-6-1)51(34-17-7-2-8-18-34)37-26-28-38-41-31-44-47-40(48(41)52(43(38)30-37)35-19-9-3-10-20-35)27-25-32-29-42-39-23-13-14-24-45(39)54-50(42)49(46(32)47)53(44)36-21-11-4-12-22-36/h1-31H. The van der Waals surface area contributed by atoms with Gasteiger partial charge in [-0.25, -0.2) is 0 Å². The number of aromatic nitrogens is 2. The van der Waals surface area contributed by atoms with Crippen molar-refractivity contribution in [2.45, 2.75) is 0 Å². The van der Waals surface area contributed by atoms with Crippen LogP contribution in [-0.4, -0.2) is 9.13 Å². The number of nitrogens with zero attached hydrogens (tertiary/aromatic N) is 3. The van der Waals surface area contributed by atoms with Gasteiger partial charge in [-0.1, -0.05) is 109 Å². The third kappa shape index (κ3) is 4.11. The Morgan fingerprint density at radius 3 is 1.65 bits per heavy atom. The molecule has 12 rings (SSSR count). The molecule has 54 heavy (non-hydrogen) atoms. The molecule has 0 spiro atoms. The fourth-order valence-electron chi connectivity index (χ4n) is 8.97. The summed E-state index contributed by atoms with van der Waals surface area (Å²) in [6.07, 6.45) is 0. The largest absolute Gasteiger partial charge is 0.310 e. The molecule has 0 radical (unpaired) electrons. The average molecular weight is 706 g/mol. The van der Waals surface area contributed by atoms with Gasteiger partial charge in [0.1, 0.15) is 0 Å². The molecular weight excluding hydrogens is 675 g/mol. The van der Waals surface area contributed by atoms with Gasteiger partial charge in [-0.15, -0.1) is 11.3 Å². The van der Waals surface area contributed by atoms with Crippen LogP contribution in [-0.2, 0) is 0 Å². The van der Waals surface area contributed by atoms with Crippen molar-refractivity contribution in [3.8, 4) is 11.4 Å². The SMILES string of the molecule is c1ccc(N(c2ccccc2)c2ccc3c4cc5c6c(ccc7cc8c9ccccc9sc8c(c76)n5-c5ccccc5)c4n(-c4ccccc4)c3c2)cc1. The van der Waals surface area contributed by atoms with Crippen molar-refractivity contribution in [1.82, 2.24) is 9.13 Å². The van der Waals surface area contributed by atoms with E-state index in [9.17, 15) is 0 Å². The number of anilines is 3. The summed E-state index contributed by atoms with van der Waals surface area (Å²) in [6.45, 7) is 0. The minimum Gasteiger partial charge on any atom is -0.310 e. The number of benzene rings is 9. The molecule has 0 bridgehead atoms. The lowest BCUT2D eigenvalue weighted by Crippen LogP contribution is -2.09. The van der Waals surface area contributed by atoms with Crippen molar-refractivity contribution >= 4 is 103 Å². The lowest BCUT2D eigenvalue weighted by atomic mass is 9.98. The zero-order valence-electron chi connectivity index (χ0n) is 29.1. The highest BCUT2D eigenvalue weighted by Gasteiger charge is 2.26. The molecule has 0 fully saturated rings. The van der Waals surface area contributed by atoms with Crippen LogP contribution in [0, 0.1) is 0 Å². The van der Waals surface area contributed by atoms with Gasteiger partial charge >= 0.3 is 0 Å². The second-order valence-corrected chi connectivity index (χ2v) is 15.2. The normalized spacial score (nSPS) is 12.1. The van der Waals surface area contributed by atoms with Gasteiger partial charge < -0.3 is 14.0 Å². The van der Waals surface area contributed by atoms with E-state index in [1.807, 2.05) is 11.3 Å². The molecular formula is C50H31N3S. The smallest absolute Gasteiger partial charge is 0.0726 e. The Bertz CT molecular complexity index is 3320. The number of thiophene rings is 1. The topological polar surface area (TPSA) is 13.1 Å². The Morgan fingerprint density at radius 1 is 0.370 bits per heavy atom. The molecule has 0 N–H and O–H groups in total. The molecule has 0 amide bonds. The monoisotopic (exact) mass is 705 g/mol. The van der Waals surface area contributed by atoms with Crippen LogP contribution in [0.1, 0.15) is 0 Å². The summed E-state index contributed by atoms with van der Waals surface area (Å²) in [7, 11) is 0. The van der Waals surface area contributed by atoms with Gasteiger partial charge in [-0.05, 0) is 84.2 Å². The van der Waals surface area contributed by atoms with E-state index in [2.05, 4.69) is 202 Å². The lowest BCUT2D eigenvalue weighted by molar-refractivity contribution is 1.18. The second kappa shape index (κ2) is 11.3. The van der Waals surface area contributed by atoms with E-state index in [0.29, 0.717) is 0 Å². The van der Waals surface area contributed by atoms with Crippen molar-refractivity contribution in [3.05, 3.63) is 188 Å². The predicted molar refractivity (Wildman–Crippen MR) is 231 cm³/mol. The zero-order valence-corrected chi connectivity index (χ0v) is 30.0. The Hall–Kier alpha value is -6.88. The molecule has 0 saturated heterocycles. The van der Waals surface area contributed by atoms with Crippen LogP contribution in [0.4, 0.5) is 17.1 Å². The van der Waals surface area contributed by atoms with E-state index >= 15 is 0 Å². The molecule has 0 aliphatic heterocycles. The van der Waals surface area contributed by atoms with E-state index in [1.54, 1.807) is 0 Å². The van der Waals surface area contributed by atoms with Crippen molar-refractivity contribution in [2.24, 2.45) is 0 Å². The first kappa shape index (κ1) is 29.7. The van der Waals surface area contributed by atoms with E-state index < -0.39 is 0 Å². The van der Waals surface area contributed by atoms with Crippen LogP contribution in [0.5, 0.6) is 0 Å². The summed E-state index contributed by atoms with van der Waals surface area (Å²) in [6, 6.07) is 68.6. The number of rotatable bonds is 5. The first-order valence-corrected chi connectivity index (χ1v) is 19.3. The summed E-state index contributed by atoms with van der Waals surface area (Å²) in [5.41, 5.74) is 10.6. The molecule has 0 unspecified atom stereocenters. The highest BCUT2D eigenvalue weighted by Crippen LogP contribution is 2.50. The Labute approximate surface area is 315 Å². The molecule has 4 heteroatoms. The summed E-state index contributed by atoms with van der Waals surface area (Å²) in [5, 5.41) is 10.3. The Kier molecular flexibility index (Phi) is 6.21. The summed E-state index contributed by atoms with van der Waals surface area (Å²) < 4.78 is 7.69. The van der Waals surface area contributed by atoms with E-state index in [-0.39, 0.29) is 0 Å². The predicted octanol–water partition coefficient (Wildman–Crippen LogP) is 14.3. The summed E-state index contributed by atoms with van der Waals surface area (Å²) in [5.74, 6) is 0. The molecule has 3 aromatic heterocycles. The van der Waals surface area contributed by atoms with Crippen molar-refractivity contribution in [1.29, 1.82) is 0 Å².